The molecule has 4 unspecified atom stereocenters. The molecule has 6 rings (SSSR count). The Kier molecular flexibility index (Phi) is 12.2. The minimum absolute atomic E-state index is 0.235. The zero-order valence-electron chi connectivity index (χ0n) is 27.6. The maximum Gasteiger partial charge on any atom is 0.140 e. The molecule has 0 saturated heterocycles. The molecule has 0 aromatic heterocycles. The predicted octanol–water partition coefficient (Wildman–Crippen LogP) is 7.84. The molecule has 5 aromatic rings. The molecule has 49 heavy (non-hydrogen) atoms. The molecular formula is C43H44O6. The van der Waals surface area contributed by atoms with Crippen molar-refractivity contribution in [1.82, 2.24) is 0 Å². The van der Waals surface area contributed by atoms with Crippen molar-refractivity contribution in [2.24, 2.45) is 0 Å². The van der Waals surface area contributed by atoms with Crippen molar-refractivity contribution in [3.63, 3.8) is 0 Å². The number of rotatable bonds is 16. The van der Waals surface area contributed by atoms with Crippen molar-refractivity contribution in [3.05, 3.63) is 192 Å². The second kappa shape index (κ2) is 17.3. The highest BCUT2D eigenvalue weighted by Gasteiger charge is 2.61. The van der Waals surface area contributed by atoms with Gasteiger partial charge in [0.25, 0.3) is 0 Å². The Morgan fingerprint density at radius 2 is 0.653 bits per heavy atom. The van der Waals surface area contributed by atoms with E-state index in [1.165, 1.54) is 6.08 Å². The zero-order valence-corrected chi connectivity index (χ0v) is 27.6. The van der Waals surface area contributed by atoms with Gasteiger partial charge in [0.15, 0.2) is 0 Å². The third-order valence-corrected chi connectivity index (χ3v) is 8.88. The molecule has 5 aromatic carbocycles. The van der Waals surface area contributed by atoms with Crippen LogP contribution in [0.1, 0.15) is 27.8 Å². The maximum absolute atomic E-state index is 12.8. The number of ether oxygens (including phenoxy) is 5. The first-order chi connectivity index (χ1) is 24.1. The first-order valence-electron chi connectivity index (χ1n) is 16.8. The molecule has 1 aliphatic rings. The van der Waals surface area contributed by atoms with Crippen LogP contribution in [0.5, 0.6) is 0 Å². The molecule has 1 aliphatic carbocycles. The summed E-state index contributed by atoms with van der Waals surface area (Å²) in [6.45, 7) is 5.44. The largest absolute Gasteiger partial charge is 0.380 e. The monoisotopic (exact) mass is 656 g/mol. The van der Waals surface area contributed by atoms with Gasteiger partial charge in [0, 0.05) is 0 Å². The smallest absolute Gasteiger partial charge is 0.140 e. The van der Waals surface area contributed by atoms with Crippen LogP contribution in [0.4, 0.5) is 0 Å². The minimum Gasteiger partial charge on any atom is -0.380 e. The van der Waals surface area contributed by atoms with Crippen LogP contribution in [0, 0.1) is 0 Å². The third-order valence-electron chi connectivity index (χ3n) is 8.88. The van der Waals surface area contributed by atoms with Gasteiger partial charge in [-0.05, 0) is 27.8 Å². The molecule has 1 N–H and O–H groups in total. The highest BCUT2D eigenvalue weighted by atomic mass is 16.6. The normalized spacial score (nSPS) is 23.6. The molecule has 0 radical (unpaired) electrons. The predicted molar refractivity (Wildman–Crippen MR) is 190 cm³/mol. The van der Waals surface area contributed by atoms with Gasteiger partial charge in [-0.25, -0.2) is 0 Å². The van der Waals surface area contributed by atoms with Crippen molar-refractivity contribution < 1.29 is 28.8 Å². The Balaban J connectivity index is 1.41. The van der Waals surface area contributed by atoms with Crippen LogP contribution in [0.3, 0.4) is 0 Å². The van der Waals surface area contributed by atoms with Gasteiger partial charge in [-0.3, -0.25) is 0 Å². The number of hydrogen-bond acceptors (Lipinski definition) is 6. The van der Waals surface area contributed by atoms with E-state index < -0.39 is 36.1 Å². The van der Waals surface area contributed by atoms with Gasteiger partial charge in [-0.15, -0.1) is 6.58 Å². The van der Waals surface area contributed by atoms with Crippen LogP contribution in [0.25, 0.3) is 0 Å². The van der Waals surface area contributed by atoms with Crippen molar-refractivity contribution in [1.29, 1.82) is 0 Å². The molecule has 1 fully saturated rings. The SMILES string of the molecule is C=CC1(O)C(OCc2ccccc2)C(OCc2ccccc2)C(OCc2ccccc2)C(OCc2ccccc2)C1OCc1ccccc1. The van der Waals surface area contributed by atoms with E-state index in [-0.39, 0.29) is 26.4 Å². The summed E-state index contributed by atoms with van der Waals surface area (Å²) in [7, 11) is 0. The first-order valence-corrected chi connectivity index (χ1v) is 16.8. The second-order valence-electron chi connectivity index (χ2n) is 12.3. The van der Waals surface area contributed by atoms with Crippen molar-refractivity contribution in [3.8, 4) is 0 Å². The molecule has 0 amide bonds. The number of hydrogen-bond donors (Lipinski definition) is 1. The van der Waals surface area contributed by atoms with E-state index in [1.807, 2.05) is 152 Å². The average molecular weight is 657 g/mol. The lowest BCUT2D eigenvalue weighted by molar-refractivity contribution is -0.304. The molecule has 6 nitrogen and oxygen atoms in total. The van der Waals surface area contributed by atoms with Crippen LogP contribution in [-0.4, -0.2) is 41.2 Å². The zero-order chi connectivity index (χ0) is 33.7. The lowest BCUT2D eigenvalue weighted by Gasteiger charge is -2.53. The summed E-state index contributed by atoms with van der Waals surface area (Å²) in [5, 5.41) is 12.8. The molecule has 0 bridgehead atoms. The first kappa shape index (κ1) is 34.5. The summed E-state index contributed by atoms with van der Waals surface area (Å²) in [5.41, 5.74) is 3.16. The number of benzene rings is 5. The molecular weight excluding hydrogens is 612 g/mol. The van der Waals surface area contributed by atoms with Gasteiger partial charge >= 0.3 is 0 Å². The van der Waals surface area contributed by atoms with Crippen LogP contribution >= 0.6 is 0 Å². The summed E-state index contributed by atoms with van der Waals surface area (Å²) in [6, 6.07) is 49.7. The van der Waals surface area contributed by atoms with Gasteiger partial charge < -0.3 is 28.8 Å². The summed E-state index contributed by atoms with van der Waals surface area (Å²) in [5.74, 6) is 0. The molecule has 252 valence electrons. The Morgan fingerprint density at radius 1 is 0.408 bits per heavy atom. The summed E-state index contributed by atoms with van der Waals surface area (Å²) >= 11 is 0. The van der Waals surface area contributed by atoms with E-state index in [1.54, 1.807) is 0 Å². The third kappa shape index (κ3) is 8.99. The fourth-order valence-corrected chi connectivity index (χ4v) is 6.28. The number of aliphatic hydroxyl groups is 1. The van der Waals surface area contributed by atoms with E-state index in [2.05, 4.69) is 6.58 Å². The quantitative estimate of drug-likeness (QED) is 0.109. The lowest BCUT2D eigenvalue weighted by Crippen LogP contribution is -2.72. The fourth-order valence-electron chi connectivity index (χ4n) is 6.28. The molecule has 1 saturated carbocycles. The van der Waals surface area contributed by atoms with Crippen LogP contribution in [0.15, 0.2) is 164 Å². The van der Waals surface area contributed by atoms with E-state index in [0.717, 1.165) is 27.8 Å². The van der Waals surface area contributed by atoms with E-state index in [9.17, 15) is 5.11 Å². The highest BCUT2D eigenvalue weighted by molar-refractivity contribution is 5.23. The van der Waals surface area contributed by atoms with Crippen LogP contribution in [-0.2, 0) is 56.7 Å². The fraction of sp³-hybridized carbons (Fsp3) is 0.256. The molecule has 6 heteroatoms. The van der Waals surface area contributed by atoms with Crippen molar-refractivity contribution >= 4 is 0 Å². The Morgan fingerprint density at radius 3 is 0.918 bits per heavy atom. The molecule has 0 spiro atoms. The van der Waals surface area contributed by atoms with Gasteiger partial charge in [-0.1, -0.05) is 158 Å². The molecule has 4 atom stereocenters. The second-order valence-corrected chi connectivity index (χ2v) is 12.3. The summed E-state index contributed by atoms with van der Waals surface area (Å²) in [6.07, 6.45) is -2.57. The maximum atomic E-state index is 12.8. The minimum atomic E-state index is -1.72. The standard InChI is InChI=1S/C43H44O6/c1-2-43(44)41(48-31-36-24-14-6-15-25-36)39(46-29-34-20-10-4-11-21-34)38(45-28-33-18-8-3-9-19-33)40(47-30-35-22-12-5-13-23-35)42(43)49-32-37-26-16-7-17-27-37/h2-27,38-42,44H,1,28-32H2. The van der Waals surface area contributed by atoms with Crippen molar-refractivity contribution in [2.45, 2.75) is 69.2 Å². The van der Waals surface area contributed by atoms with Crippen molar-refractivity contribution in [2.75, 3.05) is 0 Å². The Hall–Kier alpha value is -4.40. The van der Waals surface area contributed by atoms with Gasteiger partial charge in [0.05, 0.1) is 33.0 Å². The summed E-state index contributed by atoms with van der Waals surface area (Å²) in [4.78, 5) is 0. The van der Waals surface area contributed by atoms with E-state index in [0.29, 0.717) is 6.61 Å². The van der Waals surface area contributed by atoms with E-state index >= 15 is 0 Å². The summed E-state index contributed by atoms with van der Waals surface area (Å²) < 4.78 is 33.7. The van der Waals surface area contributed by atoms with Crippen LogP contribution in [0.2, 0.25) is 0 Å². The lowest BCUT2D eigenvalue weighted by atomic mass is 9.74. The van der Waals surface area contributed by atoms with Gasteiger partial charge in [0.2, 0.25) is 0 Å². The van der Waals surface area contributed by atoms with Crippen LogP contribution < -0.4 is 0 Å². The topological polar surface area (TPSA) is 66.4 Å². The molecule has 0 heterocycles. The van der Waals surface area contributed by atoms with E-state index in [4.69, 9.17) is 23.7 Å². The Bertz CT molecular complexity index is 1570. The highest BCUT2D eigenvalue weighted by Crippen LogP contribution is 2.41. The average Bonchev–Trinajstić information content (AvgIpc) is 3.17. The molecule has 0 aliphatic heterocycles. The Labute approximate surface area is 289 Å². The van der Waals surface area contributed by atoms with Gasteiger partial charge in [0.1, 0.15) is 36.1 Å². The van der Waals surface area contributed by atoms with Gasteiger partial charge in [-0.2, -0.15) is 0 Å².